The van der Waals surface area contributed by atoms with Gasteiger partial charge in [-0.05, 0) is 19.3 Å². The Morgan fingerprint density at radius 1 is 1.64 bits per heavy atom. The number of carbonyl (C=O) groups is 1. The average Bonchev–Trinajstić information content (AvgIpc) is 2.17. The molecule has 0 bridgehead atoms. The van der Waals surface area contributed by atoms with Gasteiger partial charge in [0, 0.05) is 12.5 Å². The molecule has 3 unspecified atom stereocenters. The SMILES string of the molecule is CCCC1CC(C(O)C(=O)O)CCO1. The van der Waals surface area contributed by atoms with Crippen LogP contribution in [-0.4, -0.2) is 35.0 Å². The highest BCUT2D eigenvalue weighted by atomic mass is 16.5. The lowest BCUT2D eigenvalue weighted by Gasteiger charge is -2.30. The van der Waals surface area contributed by atoms with Gasteiger partial charge in [-0.15, -0.1) is 0 Å². The Kier molecular flexibility index (Phi) is 4.35. The summed E-state index contributed by atoms with van der Waals surface area (Å²) in [6, 6.07) is 0. The molecule has 82 valence electrons. The topological polar surface area (TPSA) is 66.8 Å². The zero-order chi connectivity index (χ0) is 10.6. The summed E-state index contributed by atoms with van der Waals surface area (Å²) in [7, 11) is 0. The maximum absolute atomic E-state index is 10.6. The van der Waals surface area contributed by atoms with Gasteiger partial charge in [0.15, 0.2) is 6.10 Å². The first-order valence-corrected chi connectivity index (χ1v) is 5.17. The van der Waals surface area contributed by atoms with Crippen LogP contribution in [0.2, 0.25) is 0 Å². The van der Waals surface area contributed by atoms with Crippen LogP contribution < -0.4 is 0 Å². The zero-order valence-electron chi connectivity index (χ0n) is 8.48. The van der Waals surface area contributed by atoms with Crippen molar-refractivity contribution in [1.82, 2.24) is 0 Å². The highest BCUT2D eigenvalue weighted by molar-refractivity contribution is 5.72. The van der Waals surface area contributed by atoms with Gasteiger partial charge >= 0.3 is 5.97 Å². The van der Waals surface area contributed by atoms with Crippen molar-refractivity contribution in [1.29, 1.82) is 0 Å². The van der Waals surface area contributed by atoms with Crippen LogP contribution in [0.4, 0.5) is 0 Å². The number of aliphatic hydroxyl groups is 1. The van der Waals surface area contributed by atoms with Gasteiger partial charge in [-0.2, -0.15) is 0 Å². The van der Waals surface area contributed by atoms with Crippen LogP contribution in [0, 0.1) is 5.92 Å². The molecule has 1 aliphatic rings. The van der Waals surface area contributed by atoms with Crippen LogP contribution in [0.3, 0.4) is 0 Å². The molecule has 4 heteroatoms. The second-order valence-electron chi connectivity index (χ2n) is 3.85. The van der Waals surface area contributed by atoms with Gasteiger partial charge in [-0.1, -0.05) is 13.3 Å². The number of rotatable bonds is 4. The second-order valence-corrected chi connectivity index (χ2v) is 3.85. The quantitative estimate of drug-likeness (QED) is 0.714. The van der Waals surface area contributed by atoms with E-state index >= 15 is 0 Å². The van der Waals surface area contributed by atoms with Crippen LogP contribution in [0.5, 0.6) is 0 Å². The minimum atomic E-state index is -1.22. The van der Waals surface area contributed by atoms with Crippen molar-refractivity contribution >= 4 is 5.97 Å². The van der Waals surface area contributed by atoms with E-state index in [0.29, 0.717) is 19.4 Å². The van der Waals surface area contributed by atoms with E-state index < -0.39 is 12.1 Å². The number of aliphatic carboxylic acids is 1. The van der Waals surface area contributed by atoms with E-state index in [1.54, 1.807) is 0 Å². The Morgan fingerprint density at radius 3 is 2.93 bits per heavy atom. The molecule has 1 aliphatic heterocycles. The number of hydrogen-bond donors (Lipinski definition) is 2. The molecule has 0 radical (unpaired) electrons. The highest BCUT2D eigenvalue weighted by Gasteiger charge is 2.31. The Hall–Kier alpha value is -0.610. The summed E-state index contributed by atoms with van der Waals surface area (Å²) in [6.45, 7) is 2.64. The normalized spacial score (nSPS) is 29.9. The van der Waals surface area contributed by atoms with E-state index in [-0.39, 0.29) is 12.0 Å². The number of hydrogen-bond acceptors (Lipinski definition) is 3. The minimum absolute atomic E-state index is 0.132. The van der Waals surface area contributed by atoms with Crippen LogP contribution >= 0.6 is 0 Å². The molecule has 0 amide bonds. The molecule has 0 aromatic rings. The molecule has 0 aromatic carbocycles. The molecular weight excluding hydrogens is 184 g/mol. The molecule has 1 heterocycles. The maximum Gasteiger partial charge on any atom is 0.332 e. The third-order valence-corrected chi connectivity index (χ3v) is 2.72. The van der Waals surface area contributed by atoms with Crippen molar-refractivity contribution in [2.45, 2.75) is 44.8 Å². The Morgan fingerprint density at radius 2 is 2.36 bits per heavy atom. The minimum Gasteiger partial charge on any atom is -0.479 e. The molecule has 14 heavy (non-hydrogen) atoms. The average molecular weight is 202 g/mol. The summed E-state index contributed by atoms with van der Waals surface area (Å²) in [5, 5.41) is 18.0. The summed E-state index contributed by atoms with van der Waals surface area (Å²) in [5.41, 5.74) is 0. The smallest absolute Gasteiger partial charge is 0.332 e. The lowest BCUT2D eigenvalue weighted by atomic mass is 9.89. The van der Waals surface area contributed by atoms with Gasteiger partial charge in [0.25, 0.3) is 0 Å². The monoisotopic (exact) mass is 202 g/mol. The first kappa shape index (κ1) is 11.5. The molecule has 1 rings (SSSR count). The number of carboxylic acid groups (broad SMARTS) is 1. The van der Waals surface area contributed by atoms with E-state index in [4.69, 9.17) is 9.84 Å². The molecule has 4 nitrogen and oxygen atoms in total. The van der Waals surface area contributed by atoms with Crippen molar-refractivity contribution in [3.8, 4) is 0 Å². The molecule has 1 fully saturated rings. The van der Waals surface area contributed by atoms with E-state index in [0.717, 1.165) is 12.8 Å². The van der Waals surface area contributed by atoms with Crippen molar-refractivity contribution in [2.75, 3.05) is 6.61 Å². The van der Waals surface area contributed by atoms with Gasteiger partial charge in [0.05, 0.1) is 6.10 Å². The summed E-state index contributed by atoms with van der Waals surface area (Å²) in [6.07, 6.45) is 2.20. The third kappa shape index (κ3) is 2.96. The predicted octanol–water partition coefficient (Wildman–Crippen LogP) is 1.03. The van der Waals surface area contributed by atoms with Gasteiger partial charge in [0.1, 0.15) is 0 Å². The van der Waals surface area contributed by atoms with Crippen molar-refractivity contribution in [2.24, 2.45) is 5.92 Å². The summed E-state index contributed by atoms with van der Waals surface area (Å²) >= 11 is 0. The molecule has 0 spiro atoms. The summed E-state index contributed by atoms with van der Waals surface area (Å²) < 4.78 is 5.47. The van der Waals surface area contributed by atoms with Crippen molar-refractivity contribution in [3.05, 3.63) is 0 Å². The van der Waals surface area contributed by atoms with Crippen LogP contribution in [0.1, 0.15) is 32.6 Å². The fourth-order valence-corrected chi connectivity index (χ4v) is 1.92. The van der Waals surface area contributed by atoms with Crippen LogP contribution in [-0.2, 0) is 9.53 Å². The molecule has 3 atom stereocenters. The summed E-state index contributed by atoms with van der Waals surface area (Å²) in [4.78, 5) is 10.6. The lowest BCUT2D eigenvalue weighted by Crippen LogP contribution is -2.36. The van der Waals surface area contributed by atoms with Crippen molar-refractivity contribution < 1.29 is 19.7 Å². The van der Waals surface area contributed by atoms with Crippen molar-refractivity contribution in [3.63, 3.8) is 0 Å². The Balaban J connectivity index is 2.43. The summed E-state index contributed by atoms with van der Waals surface area (Å²) in [5.74, 6) is -1.26. The van der Waals surface area contributed by atoms with Gasteiger partial charge in [-0.25, -0.2) is 4.79 Å². The molecular formula is C10H18O4. The third-order valence-electron chi connectivity index (χ3n) is 2.72. The molecule has 2 N–H and O–H groups in total. The largest absolute Gasteiger partial charge is 0.479 e. The second kappa shape index (κ2) is 5.32. The fraction of sp³-hybridized carbons (Fsp3) is 0.900. The van der Waals surface area contributed by atoms with E-state index in [2.05, 4.69) is 6.92 Å². The van der Waals surface area contributed by atoms with Crippen LogP contribution in [0.15, 0.2) is 0 Å². The van der Waals surface area contributed by atoms with E-state index in [9.17, 15) is 9.90 Å². The Bertz CT molecular complexity index is 191. The van der Waals surface area contributed by atoms with E-state index in [1.807, 2.05) is 0 Å². The highest BCUT2D eigenvalue weighted by Crippen LogP contribution is 2.25. The fourth-order valence-electron chi connectivity index (χ4n) is 1.92. The Labute approximate surface area is 83.9 Å². The van der Waals surface area contributed by atoms with Crippen LogP contribution in [0.25, 0.3) is 0 Å². The number of carboxylic acids is 1. The van der Waals surface area contributed by atoms with Gasteiger partial charge in [0.2, 0.25) is 0 Å². The zero-order valence-corrected chi connectivity index (χ0v) is 8.48. The van der Waals surface area contributed by atoms with E-state index in [1.165, 1.54) is 0 Å². The molecule has 1 saturated heterocycles. The first-order chi connectivity index (χ1) is 6.65. The molecule has 0 saturated carbocycles. The van der Waals surface area contributed by atoms with Gasteiger partial charge < -0.3 is 14.9 Å². The first-order valence-electron chi connectivity index (χ1n) is 5.17. The lowest BCUT2D eigenvalue weighted by molar-refractivity contribution is -0.153. The molecule has 0 aliphatic carbocycles. The molecule has 0 aromatic heterocycles. The number of aliphatic hydroxyl groups excluding tert-OH is 1. The van der Waals surface area contributed by atoms with Gasteiger partial charge in [-0.3, -0.25) is 0 Å². The predicted molar refractivity (Wildman–Crippen MR) is 51.0 cm³/mol. The maximum atomic E-state index is 10.6. The standard InChI is InChI=1S/C10H18O4/c1-2-3-8-6-7(4-5-14-8)9(11)10(12)13/h7-9,11H,2-6H2,1H3,(H,12,13). The number of ether oxygens (including phenoxy) is 1.